The van der Waals surface area contributed by atoms with Crippen LogP contribution in [0.4, 0.5) is 0 Å². The maximum atomic E-state index is 12.5. The number of benzene rings is 1. The second-order valence-corrected chi connectivity index (χ2v) is 6.88. The number of carbonyl (C=O) groups excluding carboxylic acids is 2. The summed E-state index contributed by atoms with van der Waals surface area (Å²) < 4.78 is 0. The summed E-state index contributed by atoms with van der Waals surface area (Å²) in [6.07, 6.45) is 3.94. The first-order chi connectivity index (χ1) is 11.1. The molecule has 1 saturated heterocycles. The molecule has 23 heavy (non-hydrogen) atoms. The molecule has 1 aliphatic carbocycles. The van der Waals surface area contributed by atoms with E-state index in [9.17, 15) is 9.59 Å². The number of likely N-dealkylation sites (tertiary alicyclic amines) is 1. The number of amides is 2. The van der Waals surface area contributed by atoms with Crippen molar-refractivity contribution in [1.82, 2.24) is 10.2 Å². The van der Waals surface area contributed by atoms with Crippen LogP contribution >= 0.6 is 11.6 Å². The molecule has 124 valence electrons. The molecule has 1 aromatic rings. The summed E-state index contributed by atoms with van der Waals surface area (Å²) in [6, 6.07) is 7.65. The molecule has 5 heteroatoms. The molecule has 2 amide bonds. The highest BCUT2D eigenvalue weighted by molar-refractivity contribution is 6.31. The van der Waals surface area contributed by atoms with E-state index in [1.165, 1.54) is 0 Å². The van der Waals surface area contributed by atoms with Gasteiger partial charge in [-0.2, -0.15) is 0 Å². The third-order valence-corrected chi connectivity index (χ3v) is 5.11. The van der Waals surface area contributed by atoms with E-state index in [-0.39, 0.29) is 23.9 Å². The second-order valence-electron chi connectivity index (χ2n) is 6.47. The summed E-state index contributed by atoms with van der Waals surface area (Å²) in [7, 11) is 0. The van der Waals surface area contributed by atoms with Gasteiger partial charge >= 0.3 is 0 Å². The topological polar surface area (TPSA) is 49.4 Å². The molecule has 1 aliphatic heterocycles. The van der Waals surface area contributed by atoms with E-state index in [4.69, 9.17) is 11.6 Å². The van der Waals surface area contributed by atoms with Crippen molar-refractivity contribution in [1.29, 1.82) is 0 Å². The molecule has 3 rings (SSSR count). The fraction of sp³-hybridized carbons (Fsp3) is 0.556. The molecule has 0 radical (unpaired) electrons. The number of rotatable bonds is 5. The predicted octanol–water partition coefficient (Wildman–Crippen LogP) is 3.10. The molecule has 0 bridgehead atoms. The van der Waals surface area contributed by atoms with Crippen LogP contribution in [0.2, 0.25) is 5.02 Å². The summed E-state index contributed by atoms with van der Waals surface area (Å²) in [4.78, 5) is 26.4. The standard InChI is InChI=1S/C18H23ClN2O2/c1-2-6-17(22)21-10-5-9-16(21)18(23)20-15-11-13(15)12-7-3-4-8-14(12)19/h3-4,7-8,13,15-16H,2,5-6,9-11H2,1H3,(H,20,23)/t13-,15+,16+/m0/s1. The molecule has 0 aromatic heterocycles. The molecule has 4 nitrogen and oxygen atoms in total. The molecule has 0 unspecified atom stereocenters. The Morgan fingerprint density at radius 2 is 2.13 bits per heavy atom. The highest BCUT2D eigenvalue weighted by Gasteiger charge is 2.43. The van der Waals surface area contributed by atoms with E-state index in [2.05, 4.69) is 5.32 Å². The SMILES string of the molecule is CCCC(=O)N1CCC[C@@H]1C(=O)N[C@@H]1C[C@H]1c1ccccc1Cl. The largest absolute Gasteiger partial charge is 0.351 e. The zero-order chi connectivity index (χ0) is 16.4. The van der Waals surface area contributed by atoms with Gasteiger partial charge in [0, 0.05) is 29.9 Å². The van der Waals surface area contributed by atoms with E-state index in [0.29, 0.717) is 18.9 Å². The molecule has 0 spiro atoms. The second kappa shape index (κ2) is 6.91. The van der Waals surface area contributed by atoms with Crippen molar-refractivity contribution in [3.8, 4) is 0 Å². The molecule has 1 aromatic carbocycles. The van der Waals surface area contributed by atoms with Crippen LogP contribution in [0.3, 0.4) is 0 Å². The Morgan fingerprint density at radius 1 is 1.35 bits per heavy atom. The highest BCUT2D eigenvalue weighted by Crippen LogP contribution is 2.43. The van der Waals surface area contributed by atoms with Crippen LogP contribution in [0.15, 0.2) is 24.3 Å². The summed E-state index contributed by atoms with van der Waals surface area (Å²) in [5, 5.41) is 3.87. The van der Waals surface area contributed by atoms with Crippen LogP contribution in [0.5, 0.6) is 0 Å². The van der Waals surface area contributed by atoms with Crippen molar-refractivity contribution in [3.05, 3.63) is 34.9 Å². The molecule has 1 saturated carbocycles. The summed E-state index contributed by atoms with van der Waals surface area (Å²) in [5.41, 5.74) is 1.10. The fourth-order valence-electron chi connectivity index (χ4n) is 3.45. The Kier molecular flexibility index (Phi) is 4.90. The zero-order valence-corrected chi connectivity index (χ0v) is 14.2. The molecular formula is C18H23ClN2O2. The lowest BCUT2D eigenvalue weighted by molar-refractivity contribution is -0.138. The zero-order valence-electron chi connectivity index (χ0n) is 13.4. The Balaban J connectivity index is 1.58. The van der Waals surface area contributed by atoms with Gasteiger partial charge in [0.1, 0.15) is 6.04 Å². The minimum absolute atomic E-state index is 0.00786. The van der Waals surface area contributed by atoms with Gasteiger partial charge in [-0.25, -0.2) is 0 Å². The van der Waals surface area contributed by atoms with E-state index < -0.39 is 0 Å². The van der Waals surface area contributed by atoms with Gasteiger partial charge in [0.25, 0.3) is 0 Å². The van der Waals surface area contributed by atoms with Gasteiger partial charge < -0.3 is 10.2 Å². The number of halogens is 1. The molecule has 1 heterocycles. The van der Waals surface area contributed by atoms with Gasteiger partial charge in [0.2, 0.25) is 11.8 Å². The fourth-order valence-corrected chi connectivity index (χ4v) is 3.72. The van der Waals surface area contributed by atoms with E-state index in [0.717, 1.165) is 36.3 Å². The lowest BCUT2D eigenvalue weighted by Crippen LogP contribution is -2.46. The van der Waals surface area contributed by atoms with Gasteiger partial charge in [0.05, 0.1) is 0 Å². The number of hydrogen-bond acceptors (Lipinski definition) is 2. The predicted molar refractivity (Wildman–Crippen MR) is 90.4 cm³/mol. The van der Waals surface area contributed by atoms with Crippen LogP contribution < -0.4 is 5.32 Å². The van der Waals surface area contributed by atoms with Gasteiger partial charge in [-0.15, -0.1) is 0 Å². The average molecular weight is 335 g/mol. The first-order valence-corrected chi connectivity index (χ1v) is 8.84. The molecule has 1 N–H and O–H groups in total. The third-order valence-electron chi connectivity index (χ3n) is 4.76. The Labute approximate surface area is 142 Å². The number of hydrogen-bond donors (Lipinski definition) is 1. The van der Waals surface area contributed by atoms with Crippen molar-refractivity contribution in [3.63, 3.8) is 0 Å². The van der Waals surface area contributed by atoms with Gasteiger partial charge in [-0.05, 0) is 37.3 Å². The highest BCUT2D eigenvalue weighted by atomic mass is 35.5. The van der Waals surface area contributed by atoms with Crippen molar-refractivity contribution in [2.75, 3.05) is 6.54 Å². The van der Waals surface area contributed by atoms with Gasteiger partial charge in [0.15, 0.2) is 0 Å². The Hall–Kier alpha value is -1.55. The van der Waals surface area contributed by atoms with Crippen LogP contribution in [-0.4, -0.2) is 35.3 Å². The summed E-state index contributed by atoms with van der Waals surface area (Å²) >= 11 is 6.22. The van der Waals surface area contributed by atoms with Crippen LogP contribution in [0.25, 0.3) is 0 Å². The summed E-state index contributed by atoms with van der Waals surface area (Å²) in [5.74, 6) is 0.393. The van der Waals surface area contributed by atoms with Crippen molar-refractivity contribution < 1.29 is 9.59 Å². The Morgan fingerprint density at radius 3 is 2.87 bits per heavy atom. The van der Waals surface area contributed by atoms with Crippen molar-refractivity contribution >= 4 is 23.4 Å². The summed E-state index contributed by atoms with van der Waals surface area (Å²) in [6.45, 7) is 2.69. The third kappa shape index (κ3) is 3.52. The van der Waals surface area contributed by atoms with E-state index >= 15 is 0 Å². The number of nitrogens with zero attached hydrogens (tertiary/aromatic N) is 1. The molecule has 2 fully saturated rings. The van der Waals surface area contributed by atoms with Crippen LogP contribution in [0, 0.1) is 0 Å². The van der Waals surface area contributed by atoms with Crippen LogP contribution in [-0.2, 0) is 9.59 Å². The van der Waals surface area contributed by atoms with Gasteiger partial charge in [-0.1, -0.05) is 36.7 Å². The quantitative estimate of drug-likeness (QED) is 0.899. The lowest BCUT2D eigenvalue weighted by Gasteiger charge is -2.24. The van der Waals surface area contributed by atoms with Crippen molar-refractivity contribution in [2.45, 2.75) is 57.0 Å². The lowest BCUT2D eigenvalue weighted by atomic mass is 10.1. The monoisotopic (exact) mass is 334 g/mol. The molecule has 2 aliphatic rings. The number of carbonyl (C=O) groups is 2. The number of nitrogens with one attached hydrogen (secondary N) is 1. The van der Waals surface area contributed by atoms with Crippen molar-refractivity contribution in [2.24, 2.45) is 0 Å². The first-order valence-electron chi connectivity index (χ1n) is 8.46. The smallest absolute Gasteiger partial charge is 0.243 e. The van der Waals surface area contributed by atoms with E-state index in [1.807, 2.05) is 31.2 Å². The average Bonchev–Trinajstić information content (AvgIpc) is 3.10. The first kappa shape index (κ1) is 16.3. The van der Waals surface area contributed by atoms with Crippen LogP contribution in [0.1, 0.15) is 50.5 Å². The maximum absolute atomic E-state index is 12.5. The maximum Gasteiger partial charge on any atom is 0.243 e. The minimum Gasteiger partial charge on any atom is -0.351 e. The van der Waals surface area contributed by atoms with E-state index in [1.54, 1.807) is 4.90 Å². The molecule has 3 atom stereocenters. The Bertz CT molecular complexity index is 604. The normalized spacial score (nSPS) is 26.2. The molecular weight excluding hydrogens is 312 g/mol. The van der Waals surface area contributed by atoms with Gasteiger partial charge in [-0.3, -0.25) is 9.59 Å². The minimum atomic E-state index is -0.290.